The highest BCUT2D eigenvalue weighted by Crippen LogP contribution is 2.15. The number of nitrogens with one attached hydrogen (secondary N) is 2. The molecule has 22 heavy (non-hydrogen) atoms. The molecule has 122 valence electrons. The fourth-order valence-corrected chi connectivity index (χ4v) is 2.72. The molecule has 11 heteroatoms. The molecule has 0 fully saturated rings. The first-order valence-corrected chi connectivity index (χ1v) is 7.66. The van der Waals surface area contributed by atoms with Gasteiger partial charge >= 0.3 is 5.97 Å². The van der Waals surface area contributed by atoms with E-state index >= 15 is 0 Å². The van der Waals surface area contributed by atoms with E-state index in [1.807, 2.05) is 4.72 Å². The standard InChI is InChI=1S/C11H16N4O6S/c12-5-6-13-7-10(11(16)17)14-22(20,21)9-3-1-8(2-4-9)15(18)19/h1-4,10,13-14H,5-7,12H2,(H,16,17)/t10-/m0/s1. The van der Waals surface area contributed by atoms with Crippen molar-refractivity contribution in [3.05, 3.63) is 34.4 Å². The largest absolute Gasteiger partial charge is 0.480 e. The van der Waals surface area contributed by atoms with E-state index in [1.165, 1.54) is 0 Å². The Morgan fingerprint density at radius 3 is 2.41 bits per heavy atom. The third-order valence-electron chi connectivity index (χ3n) is 2.62. The van der Waals surface area contributed by atoms with Crippen molar-refractivity contribution in [1.29, 1.82) is 0 Å². The number of nitrogens with zero attached hydrogens (tertiary/aromatic N) is 1. The topological polar surface area (TPSA) is 165 Å². The minimum absolute atomic E-state index is 0.140. The molecule has 0 bridgehead atoms. The van der Waals surface area contributed by atoms with Crippen molar-refractivity contribution in [2.45, 2.75) is 10.9 Å². The van der Waals surface area contributed by atoms with Gasteiger partial charge in [-0.25, -0.2) is 8.42 Å². The van der Waals surface area contributed by atoms with E-state index < -0.39 is 27.0 Å². The number of rotatable bonds is 9. The van der Waals surface area contributed by atoms with E-state index in [2.05, 4.69) is 5.32 Å². The third-order valence-corrected chi connectivity index (χ3v) is 4.11. The van der Waals surface area contributed by atoms with Gasteiger partial charge in [-0.2, -0.15) is 4.72 Å². The maximum Gasteiger partial charge on any atom is 0.323 e. The average molecular weight is 332 g/mol. The van der Waals surface area contributed by atoms with Gasteiger partial charge in [-0.1, -0.05) is 0 Å². The fraction of sp³-hybridized carbons (Fsp3) is 0.364. The Morgan fingerprint density at radius 2 is 1.95 bits per heavy atom. The van der Waals surface area contributed by atoms with E-state index in [1.54, 1.807) is 0 Å². The summed E-state index contributed by atoms with van der Waals surface area (Å²) in [6.45, 7) is 0.475. The van der Waals surface area contributed by atoms with Crippen molar-refractivity contribution >= 4 is 21.7 Å². The first-order valence-electron chi connectivity index (χ1n) is 6.18. The molecule has 0 spiro atoms. The summed E-state index contributed by atoms with van der Waals surface area (Å²) in [5.74, 6) is -1.35. The van der Waals surface area contributed by atoms with Crippen molar-refractivity contribution in [1.82, 2.24) is 10.0 Å². The quantitative estimate of drug-likeness (QED) is 0.251. The molecule has 0 amide bonds. The first kappa shape index (κ1) is 18.0. The number of nitro benzene ring substituents is 1. The molecular weight excluding hydrogens is 316 g/mol. The van der Waals surface area contributed by atoms with Gasteiger partial charge in [0, 0.05) is 31.8 Å². The second-order valence-corrected chi connectivity index (χ2v) is 5.97. The number of nitro groups is 1. The van der Waals surface area contributed by atoms with Crippen LogP contribution in [0.2, 0.25) is 0 Å². The van der Waals surface area contributed by atoms with Gasteiger partial charge in [0.1, 0.15) is 6.04 Å². The second kappa shape index (κ2) is 7.79. The molecule has 0 unspecified atom stereocenters. The van der Waals surface area contributed by atoms with Crippen LogP contribution in [0.3, 0.4) is 0 Å². The molecule has 1 aromatic carbocycles. The molecule has 0 aromatic heterocycles. The molecule has 0 aliphatic rings. The lowest BCUT2D eigenvalue weighted by Crippen LogP contribution is -2.47. The van der Waals surface area contributed by atoms with Gasteiger partial charge in [0.15, 0.2) is 0 Å². The van der Waals surface area contributed by atoms with Crippen LogP contribution in [-0.2, 0) is 14.8 Å². The molecule has 0 heterocycles. The van der Waals surface area contributed by atoms with Crippen LogP contribution < -0.4 is 15.8 Å². The van der Waals surface area contributed by atoms with Crippen LogP contribution in [0, 0.1) is 10.1 Å². The number of aliphatic carboxylic acids is 1. The number of carboxylic acids is 1. The zero-order chi connectivity index (χ0) is 16.8. The Morgan fingerprint density at radius 1 is 1.36 bits per heavy atom. The highest BCUT2D eigenvalue weighted by Gasteiger charge is 2.25. The van der Waals surface area contributed by atoms with E-state index in [0.717, 1.165) is 24.3 Å². The van der Waals surface area contributed by atoms with Crippen LogP contribution in [0.4, 0.5) is 5.69 Å². The van der Waals surface area contributed by atoms with Gasteiger partial charge in [0.2, 0.25) is 10.0 Å². The summed E-state index contributed by atoms with van der Waals surface area (Å²) in [5, 5.41) is 22.2. The van der Waals surface area contributed by atoms with Gasteiger partial charge in [-0.3, -0.25) is 14.9 Å². The second-order valence-electron chi connectivity index (χ2n) is 4.26. The lowest BCUT2D eigenvalue weighted by atomic mass is 10.3. The SMILES string of the molecule is NCCNC[C@H](NS(=O)(=O)c1ccc([N+](=O)[O-])cc1)C(=O)O. The predicted octanol–water partition coefficient (Wildman–Crippen LogP) is -1.13. The van der Waals surface area contributed by atoms with Gasteiger partial charge in [0.05, 0.1) is 9.82 Å². The molecule has 0 radical (unpaired) electrons. The normalized spacial score (nSPS) is 12.8. The summed E-state index contributed by atoms with van der Waals surface area (Å²) >= 11 is 0. The van der Waals surface area contributed by atoms with Crippen molar-refractivity contribution in [3.63, 3.8) is 0 Å². The molecule has 1 atom stereocenters. The average Bonchev–Trinajstić information content (AvgIpc) is 2.46. The first-order chi connectivity index (χ1) is 10.3. The van der Waals surface area contributed by atoms with Gasteiger partial charge in [0.25, 0.3) is 5.69 Å². The molecule has 1 aromatic rings. The van der Waals surface area contributed by atoms with E-state index in [9.17, 15) is 23.3 Å². The van der Waals surface area contributed by atoms with E-state index in [-0.39, 0.29) is 23.7 Å². The van der Waals surface area contributed by atoms with Crippen molar-refractivity contribution < 1.29 is 23.2 Å². The highest BCUT2D eigenvalue weighted by molar-refractivity contribution is 7.89. The molecule has 0 aliphatic heterocycles. The number of carboxylic acid groups (broad SMARTS) is 1. The number of sulfonamides is 1. The van der Waals surface area contributed by atoms with Crippen LogP contribution in [0.5, 0.6) is 0 Å². The Labute approximate surface area is 126 Å². The minimum atomic E-state index is -4.11. The molecule has 0 saturated heterocycles. The van der Waals surface area contributed by atoms with Crippen molar-refractivity contribution in [3.8, 4) is 0 Å². The molecule has 5 N–H and O–H groups in total. The van der Waals surface area contributed by atoms with Gasteiger partial charge in [-0.15, -0.1) is 0 Å². The number of nitrogens with two attached hydrogens (primary N) is 1. The molecular formula is C11H16N4O6S. The zero-order valence-electron chi connectivity index (χ0n) is 11.4. The highest BCUT2D eigenvalue weighted by atomic mass is 32.2. The maximum absolute atomic E-state index is 12.1. The number of non-ortho nitro benzene ring substituents is 1. The number of hydrogen-bond acceptors (Lipinski definition) is 7. The lowest BCUT2D eigenvalue weighted by molar-refractivity contribution is -0.384. The van der Waals surface area contributed by atoms with Gasteiger partial charge < -0.3 is 16.2 Å². The Bertz CT molecular complexity index is 630. The van der Waals surface area contributed by atoms with E-state index in [4.69, 9.17) is 10.8 Å². The van der Waals surface area contributed by atoms with Crippen molar-refractivity contribution in [2.24, 2.45) is 5.73 Å². The smallest absolute Gasteiger partial charge is 0.323 e. The third kappa shape index (κ3) is 5.04. The van der Waals surface area contributed by atoms with Crippen LogP contribution in [-0.4, -0.2) is 50.1 Å². The summed E-state index contributed by atoms with van der Waals surface area (Å²) in [6.07, 6.45) is 0. The summed E-state index contributed by atoms with van der Waals surface area (Å²) in [7, 11) is -4.11. The van der Waals surface area contributed by atoms with Crippen LogP contribution in [0.1, 0.15) is 0 Å². The lowest BCUT2D eigenvalue weighted by Gasteiger charge is -2.15. The summed E-state index contributed by atoms with van der Waals surface area (Å²) in [6, 6.07) is 2.74. The van der Waals surface area contributed by atoms with Crippen LogP contribution in [0.15, 0.2) is 29.2 Å². The van der Waals surface area contributed by atoms with Crippen LogP contribution >= 0.6 is 0 Å². The Balaban J connectivity index is 2.87. The number of carbonyl (C=O) groups is 1. The predicted molar refractivity (Wildman–Crippen MR) is 76.8 cm³/mol. The maximum atomic E-state index is 12.1. The van der Waals surface area contributed by atoms with Crippen molar-refractivity contribution in [2.75, 3.05) is 19.6 Å². The summed E-state index contributed by atoms with van der Waals surface area (Å²) in [5.41, 5.74) is 4.98. The zero-order valence-corrected chi connectivity index (χ0v) is 12.2. The summed E-state index contributed by atoms with van der Waals surface area (Å²) in [4.78, 5) is 20.7. The molecule has 0 saturated carbocycles. The summed E-state index contributed by atoms with van der Waals surface area (Å²) < 4.78 is 26.1. The Kier molecular flexibility index (Phi) is 6.37. The monoisotopic (exact) mass is 332 g/mol. The molecule has 10 nitrogen and oxygen atoms in total. The number of hydrogen-bond donors (Lipinski definition) is 4. The van der Waals surface area contributed by atoms with E-state index in [0.29, 0.717) is 6.54 Å². The minimum Gasteiger partial charge on any atom is -0.480 e. The fourth-order valence-electron chi connectivity index (χ4n) is 1.53. The van der Waals surface area contributed by atoms with Gasteiger partial charge in [-0.05, 0) is 12.1 Å². The Hall–Kier alpha value is -2.08. The number of benzene rings is 1. The molecule has 0 aliphatic carbocycles. The van der Waals surface area contributed by atoms with Crippen LogP contribution in [0.25, 0.3) is 0 Å². The molecule has 1 rings (SSSR count).